The number of allylic oxidation sites excluding steroid dienone is 9. The summed E-state index contributed by atoms with van der Waals surface area (Å²) in [6.07, 6.45) is 42.7. The molecule has 0 amide bonds. The van der Waals surface area contributed by atoms with Gasteiger partial charge in [0.1, 0.15) is 6.10 Å². The second-order valence-electron chi connectivity index (χ2n) is 17.0. The molecule has 0 aromatic rings. The summed E-state index contributed by atoms with van der Waals surface area (Å²) in [5, 5.41) is 0. The third-order valence-corrected chi connectivity index (χ3v) is 13.4. The van der Waals surface area contributed by atoms with Crippen molar-refractivity contribution in [3.05, 3.63) is 60.3 Å². The highest BCUT2D eigenvalue weighted by Gasteiger charge is 2.59. The van der Waals surface area contributed by atoms with Gasteiger partial charge in [-0.25, -0.2) is 0 Å². The lowest BCUT2D eigenvalue weighted by molar-refractivity contribution is -0.151. The molecule has 0 aliphatic heterocycles. The van der Waals surface area contributed by atoms with E-state index >= 15 is 0 Å². The monoisotopic (exact) mass is 645 g/mol. The largest absolute Gasteiger partial charge is 0.462 e. The first-order chi connectivity index (χ1) is 22.7. The molecule has 3 fully saturated rings. The Kier molecular flexibility index (Phi) is 15.2. The lowest BCUT2D eigenvalue weighted by Gasteiger charge is -2.58. The van der Waals surface area contributed by atoms with Crippen LogP contribution >= 0.6 is 0 Å². The smallest absolute Gasteiger partial charge is 0.306 e. The lowest BCUT2D eigenvalue weighted by atomic mass is 9.47. The number of rotatable bonds is 18. The van der Waals surface area contributed by atoms with Crippen LogP contribution in [0.15, 0.2) is 60.3 Å². The zero-order valence-corrected chi connectivity index (χ0v) is 31.5. The van der Waals surface area contributed by atoms with Crippen molar-refractivity contribution in [1.29, 1.82) is 0 Å². The van der Waals surface area contributed by atoms with Gasteiger partial charge in [-0.1, -0.05) is 140 Å². The third kappa shape index (κ3) is 10.3. The summed E-state index contributed by atoms with van der Waals surface area (Å²) < 4.78 is 6.11. The molecule has 0 N–H and O–H groups in total. The molecule has 8 atom stereocenters. The fourth-order valence-corrected chi connectivity index (χ4v) is 10.7. The maximum Gasteiger partial charge on any atom is 0.306 e. The molecule has 0 bridgehead atoms. The summed E-state index contributed by atoms with van der Waals surface area (Å²) in [6.45, 7) is 14.8. The topological polar surface area (TPSA) is 26.3 Å². The van der Waals surface area contributed by atoms with Gasteiger partial charge in [0.25, 0.3) is 0 Å². The van der Waals surface area contributed by atoms with Gasteiger partial charge in [-0.2, -0.15) is 0 Å². The van der Waals surface area contributed by atoms with Crippen molar-refractivity contribution < 1.29 is 9.53 Å². The summed E-state index contributed by atoms with van der Waals surface area (Å²) in [7, 11) is 0. The van der Waals surface area contributed by atoms with Crippen molar-refractivity contribution in [3.8, 4) is 0 Å². The molecular weight excluding hydrogens is 572 g/mol. The van der Waals surface area contributed by atoms with E-state index in [2.05, 4.69) is 96.2 Å². The zero-order chi connectivity index (χ0) is 33.7. The van der Waals surface area contributed by atoms with Gasteiger partial charge >= 0.3 is 5.97 Å². The highest BCUT2D eigenvalue weighted by atomic mass is 16.5. The summed E-state index contributed by atoms with van der Waals surface area (Å²) >= 11 is 0. The molecule has 0 heterocycles. The van der Waals surface area contributed by atoms with Crippen molar-refractivity contribution in [2.45, 2.75) is 170 Å². The number of unbranched alkanes of at least 4 members (excludes halogenated alkanes) is 5. The Morgan fingerprint density at radius 3 is 2.32 bits per heavy atom. The predicted molar refractivity (Wildman–Crippen MR) is 202 cm³/mol. The van der Waals surface area contributed by atoms with Gasteiger partial charge in [0.15, 0.2) is 0 Å². The Morgan fingerprint density at radius 2 is 1.55 bits per heavy atom. The fourth-order valence-electron chi connectivity index (χ4n) is 10.7. The van der Waals surface area contributed by atoms with Crippen molar-refractivity contribution in [3.63, 3.8) is 0 Å². The van der Waals surface area contributed by atoms with Crippen LogP contribution in [-0.4, -0.2) is 12.1 Å². The summed E-state index contributed by atoms with van der Waals surface area (Å²) in [5.74, 6) is 5.26. The lowest BCUT2D eigenvalue weighted by Crippen LogP contribution is -2.51. The molecule has 2 heteroatoms. The maximum atomic E-state index is 12.8. The highest BCUT2D eigenvalue weighted by Crippen LogP contribution is 2.67. The quantitative estimate of drug-likeness (QED) is 0.0642. The minimum Gasteiger partial charge on any atom is -0.462 e. The number of fused-ring (bicyclic) bond motifs is 5. The van der Waals surface area contributed by atoms with Crippen LogP contribution in [0.4, 0.5) is 0 Å². The molecule has 0 saturated heterocycles. The second kappa shape index (κ2) is 18.8. The van der Waals surface area contributed by atoms with Crippen LogP contribution in [0.3, 0.4) is 0 Å². The van der Waals surface area contributed by atoms with Gasteiger partial charge in [0, 0.05) is 12.8 Å². The SMILES string of the molecule is CCC=CC=CC=CC=CCCCCCCCC(=O)OC1CC[C@@]2(C)C(=CCC3C2CC[C@@]2(C)C3CC[C@@H]2[C@H](C)CCCC(C)C)C1. The van der Waals surface area contributed by atoms with Crippen molar-refractivity contribution >= 4 is 5.97 Å². The van der Waals surface area contributed by atoms with Crippen molar-refractivity contribution in [1.82, 2.24) is 0 Å². The first-order valence-corrected chi connectivity index (χ1v) is 20.2. The standard InChI is InChI=1S/C45H72O2/c1-7-8-9-10-11-12-13-14-15-16-17-18-19-20-21-25-43(46)47-38-30-32-44(5)37(34-38)26-27-39-41-29-28-40(36(4)24-22-23-35(2)3)45(41,6)33-31-42(39)44/h8-15,26,35-36,38-42H,7,16-25,27-34H2,1-6H3/t36-,38?,39?,40-,41?,42?,44+,45-/m1/s1. The Morgan fingerprint density at radius 1 is 0.830 bits per heavy atom. The first kappa shape index (κ1) is 38.0. The van der Waals surface area contributed by atoms with Gasteiger partial charge in [0.2, 0.25) is 0 Å². The van der Waals surface area contributed by atoms with Gasteiger partial charge in [-0.15, -0.1) is 0 Å². The Bertz CT molecular complexity index is 1110. The van der Waals surface area contributed by atoms with Crippen LogP contribution in [0, 0.1) is 46.3 Å². The third-order valence-electron chi connectivity index (χ3n) is 13.4. The van der Waals surface area contributed by atoms with Crippen LogP contribution in [0.25, 0.3) is 0 Å². The van der Waals surface area contributed by atoms with E-state index in [-0.39, 0.29) is 12.1 Å². The van der Waals surface area contributed by atoms with Crippen LogP contribution in [0.2, 0.25) is 0 Å². The van der Waals surface area contributed by atoms with Crippen LogP contribution in [-0.2, 0) is 9.53 Å². The molecule has 0 spiro atoms. The molecule has 0 aromatic heterocycles. The van der Waals surface area contributed by atoms with Gasteiger partial charge in [-0.05, 0) is 117 Å². The van der Waals surface area contributed by atoms with Crippen LogP contribution in [0.1, 0.15) is 164 Å². The average molecular weight is 645 g/mol. The molecule has 4 aliphatic carbocycles. The minimum atomic E-state index is 0.0368. The molecule has 4 unspecified atom stereocenters. The molecule has 3 saturated carbocycles. The van der Waals surface area contributed by atoms with Crippen molar-refractivity contribution in [2.75, 3.05) is 0 Å². The predicted octanol–water partition coefficient (Wildman–Crippen LogP) is 13.3. The van der Waals surface area contributed by atoms with E-state index in [1.807, 2.05) is 0 Å². The maximum absolute atomic E-state index is 12.8. The van der Waals surface area contributed by atoms with Crippen LogP contribution < -0.4 is 0 Å². The van der Waals surface area contributed by atoms with Crippen LogP contribution in [0.5, 0.6) is 0 Å². The normalized spacial score (nSPS) is 33.1. The van der Waals surface area contributed by atoms with E-state index in [9.17, 15) is 4.79 Å². The molecule has 4 rings (SSSR count). The molecule has 264 valence electrons. The molecule has 4 aliphatic rings. The van der Waals surface area contributed by atoms with E-state index in [0.29, 0.717) is 17.3 Å². The average Bonchev–Trinajstić information content (AvgIpc) is 3.40. The molecule has 47 heavy (non-hydrogen) atoms. The molecular formula is C45H72O2. The van der Waals surface area contributed by atoms with Gasteiger partial charge in [-0.3, -0.25) is 4.79 Å². The second-order valence-corrected chi connectivity index (χ2v) is 17.0. The summed E-state index contributed by atoms with van der Waals surface area (Å²) in [4.78, 5) is 12.8. The summed E-state index contributed by atoms with van der Waals surface area (Å²) in [5.41, 5.74) is 2.50. The molecule has 2 nitrogen and oxygen atoms in total. The van der Waals surface area contributed by atoms with E-state index in [1.165, 1.54) is 77.0 Å². The Labute approximate surface area is 291 Å². The van der Waals surface area contributed by atoms with E-state index in [1.54, 1.807) is 5.57 Å². The fraction of sp³-hybridized carbons (Fsp3) is 0.756. The van der Waals surface area contributed by atoms with Crippen molar-refractivity contribution in [2.24, 2.45) is 46.3 Å². The summed E-state index contributed by atoms with van der Waals surface area (Å²) in [6, 6.07) is 0. The highest BCUT2D eigenvalue weighted by molar-refractivity contribution is 5.69. The minimum absolute atomic E-state index is 0.0368. The Balaban J connectivity index is 1.14. The number of esters is 1. The Hall–Kier alpha value is -1.83. The van der Waals surface area contributed by atoms with E-state index in [4.69, 9.17) is 4.74 Å². The van der Waals surface area contributed by atoms with E-state index in [0.717, 1.165) is 74.0 Å². The number of carbonyl (C=O) groups is 1. The van der Waals surface area contributed by atoms with Gasteiger partial charge < -0.3 is 4.74 Å². The first-order valence-electron chi connectivity index (χ1n) is 20.2. The number of hydrogen-bond donors (Lipinski definition) is 0. The zero-order valence-electron chi connectivity index (χ0n) is 31.5. The number of ether oxygens (including phenoxy) is 1. The molecule has 0 radical (unpaired) electrons. The number of hydrogen-bond acceptors (Lipinski definition) is 2. The van der Waals surface area contributed by atoms with Gasteiger partial charge in [0.05, 0.1) is 0 Å². The van der Waals surface area contributed by atoms with E-state index < -0.39 is 0 Å². The number of carbonyl (C=O) groups excluding carboxylic acids is 1. The molecule has 0 aromatic carbocycles.